The van der Waals surface area contributed by atoms with Gasteiger partial charge in [-0.15, -0.1) is 0 Å². The second-order valence-corrected chi connectivity index (χ2v) is 24.1. The van der Waals surface area contributed by atoms with Crippen LogP contribution in [0.25, 0.3) is 0 Å². The van der Waals surface area contributed by atoms with Crippen LogP contribution in [0.2, 0.25) is 0 Å². The minimum Gasteiger partial charge on any atom is -0.508 e. The molecule has 26 heteroatoms. The molecule has 4 aromatic rings. The van der Waals surface area contributed by atoms with Crippen molar-refractivity contribution in [2.45, 2.75) is 165 Å². The molecule has 6 rings (SSSR count). The van der Waals surface area contributed by atoms with Gasteiger partial charge in [-0.2, -0.15) is 0 Å². The molecule has 0 saturated carbocycles. The molecule has 0 spiro atoms. The van der Waals surface area contributed by atoms with Gasteiger partial charge in [0.1, 0.15) is 66.2 Å². The van der Waals surface area contributed by atoms with Crippen molar-refractivity contribution < 1.29 is 62.6 Å². The van der Waals surface area contributed by atoms with Crippen molar-refractivity contribution in [1.29, 1.82) is 0 Å². The smallest absolute Gasteiger partial charge is 0.246 e. The van der Waals surface area contributed by atoms with Crippen LogP contribution in [-0.2, 0) is 83.2 Å². The Hall–Kier alpha value is -9.72. The van der Waals surface area contributed by atoms with E-state index in [0.717, 1.165) is 0 Å². The fraction of sp³-hybridized carbons (Fsp3) is 0.455. The number of nitrogens with zero attached hydrogens (tertiary/aromatic N) is 1. The number of phenols is 1. The third kappa shape index (κ3) is 22.0. The molecule has 2 heterocycles. The molecule has 92 heavy (non-hydrogen) atoms. The molecule has 0 aliphatic carbocycles. The molecule has 10 atom stereocenters. The SMILES string of the molecule is CC(C)C[C@@H]1NC(=O)[C@H](CCCN)NC(=O)[C@H](C(C)C)NC(=O)[C@H](Cc2ccc(O)cc2)NC(=O)[C@H](CCC(N)=O)NC(=O)[C@H](CC(N)=O)NC(=O)[C@@H](Cc2ccccc2)NC(=O)[C@H](Cc2ccccc2)NC(=O)C2CCCN2C(=O)[C@@H](Cc2ccccc2)NC1=O. The van der Waals surface area contributed by atoms with Gasteiger partial charge in [0.05, 0.1) is 6.42 Å². The minimum absolute atomic E-state index is 0.0273. The summed E-state index contributed by atoms with van der Waals surface area (Å²) in [7, 11) is 0. The lowest BCUT2D eigenvalue weighted by Crippen LogP contribution is -2.62. The number of carbonyl (C=O) groups is 12. The van der Waals surface area contributed by atoms with Gasteiger partial charge in [-0.05, 0) is 91.3 Å². The van der Waals surface area contributed by atoms with E-state index in [-0.39, 0.29) is 76.1 Å². The standard InChI is InChI=1S/C66H87N13O13/c1-38(2)32-47-59(85)77-52(36-42-20-12-7-13-21-42)66(92)79-31-15-23-53(79)64(90)76-49(34-41-18-10-6-11-19-41)61(87)74-48(33-40-16-8-5-9-17-40)60(86)75-51(37-55(69)82)62(88)70-46(28-29-54(68)81)58(84)73-50(35-43-24-26-44(80)27-25-43)63(89)78-56(39(3)4)65(91)71-45(22-14-30-67)57(83)72-47/h5-13,16-21,24-27,38-39,45-53,56,80H,14-15,22-23,28-37,67H2,1-4H3,(H2,68,81)(H2,69,82)(H,70,88)(H,71,91)(H,72,83)(H,73,84)(H,74,87)(H,75,86)(H,76,90)(H,77,85)(H,78,89)/t45-,46-,47-,48+,49-,50-,51-,52+,53?,56-/m0/s1. The second kappa shape index (κ2) is 35.0. The lowest BCUT2D eigenvalue weighted by molar-refractivity contribution is -0.142. The van der Waals surface area contributed by atoms with Crippen molar-refractivity contribution in [3.63, 3.8) is 0 Å². The Labute approximate surface area is 534 Å². The summed E-state index contributed by atoms with van der Waals surface area (Å²) in [5, 5.41) is 34.3. The molecule has 4 aromatic carbocycles. The molecule has 2 saturated heterocycles. The zero-order valence-corrected chi connectivity index (χ0v) is 52.3. The van der Waals surface area contributed by atoms with Gasteiger partial charge >= 0.3 is 0 Å². The Morgan fingerprint density at radius 3 is 1.34 bits per heavy atom. The Morgan fingerprint density at radius 2 is 0.859 bits per heavy atom. The summed E-state index contributed by atoms with van der Waals surface area (Å²) in [5.41, 5.74) is 19.3. The van der Waals surface area contributed by atoms with Crippen LogP contribution >= 0.6 is 0 Å². The third-order valence-electron chi connectivity index (χ3n) is 15.8. The summed E-state index contributed by atoms with van der Waals surface area (Å²) in [5.74, 6) is -11.8. The molecular formula is C66H87N13O13. The quantitative estimate of drug-likeness (QED) is 0.0569. The highest BCUT2D eigenvalue weighted by Gasteiger charge is 2.42. The summed E-state index contributed by atoms with van der Waals surface area (Å²) < 4.78 is 0. The molecule has 2 aliphatic rings. The van der Waals surface area contributed by atoms with Crippen LogP contribution in [0.15, 0.2) is 115 Å². The summed E-state index contributed by atoms with van der Waals surface area (Å²) in [4.78, 5) is 174. The van der Waals surface area contributed by atoms with Gasteiger partial charge < -0.3 is 75.1 Å². The fourth-order valence-electron chi connectivity index (χ4n) is 11.0. The molecule has 2 fully saturated rings. The highest BCUT2D eigenvalue weighted by Crippen LogP contribution is 2.22. The van der Waals surface area contributed by atoms with E-state index in [2.05, 4.69) is 47.9 Å². The lowest BCUT2D eigenvalue weighted by atomic mass is 9.98. The number of phenolic OH excluding ortho intramolecular Hbond substituents is 1. The number of hydrogen-bond acceptors (Lipinski definition) is 14. The monoisotopic (exact) mass is 1270 g/mol. The van der Waals surface area contributed by atoms with Gasteiger partial charge in [-0.1, -0.05) is 131 Å². The number of nitrogens with one attached hydrogen (secondary N) is 9. The second-order valence-electron chi connectivity index (χ2n) is 24.1. The molecule has 1 unspecified atom stereocenters. The normalized spacial score (nSPS) is 23.9. The van der Waals surface area contributed by atoms with Crippen LogP contribution < -0.4 is 65.1 Å². The maximum Gasteiger partial charge on any atom is 0.246 e. The third-order valence-corrected chi connectivity index (χ3v) is 15.8. The van der Waals surface area contributed by atoms with Gasteiger partial charge in [-0.3, -0.25) is 57.5 Å². The van der Waals surface area contributed by atoms with Crippen molar-refractivity contribution in [2.24, 2.45) is 29.0 Å². The molecule has 0 aromatic heterocycles. The number of rotatable bonds is 19. The van der Waals surface area contributed by atoms with Gasteiger partial charge in [0.2, 0.25) is 70.9 Å². The van der Waals surface area contributed by atoms with Crippen molar-refractivity contribution in [3.8, 4) is 5.75 Å². The average molecular weight is 1270 g/mol. The molecule has 494 valence electrons. The van der Waals surface area contributed by atoms with Crippen LogP contribution in [0.5, 0.6) is 5.75 Å². The van der Waals surface area contributed by atoms with Crippen molar-refractivity contribution in [1.82, 2.24) is 52.8 Å². The number of nitrogens with two attached hydrogens (primary N) is 3. The number of aromatic hydroxyl groups is 1. The fourth-order valence-corrected chi connectivity index (χ4v) is 11.0. The number of primary amides is 2. The molecule has 12 amide bonds. The van der Waals surface area contributed by atoms with Crippen LogP contribution in [-0.4, -0.2) is 154 Å². The maximum atomic E-state index is 15.1. The minimum atomic E-state index is -1.85. The van der Waals surface area contributed by atoms with Crippen LogP contribution in [0.1, 0.15) is 101 Å². The molecule has 0 radical (unpaired) electrons. The summed E-state index contributed by atoms with van der Waals surface area (Å²) in [6.45, 7) is 7.05. The van der Waals surface area contributed by atoms with Crippen molar-refractivity contribution in [3.05, 3.63) is 138 Å². The number of benzene rings is 4. The highest BCUT2D eigenvalue weighted by atomic mass is 16.3. The van der Waals surface area contributed by atoms with Gasteiger partial charge in [0.15, 0.2) is 0 Å². The lowest BCUT2D eigenvalue weighted by Gasteiger charge is -2.32. The van der Waals surface area contributed by atoms with Crippen LogP contribution in [0.3, 0.4) is 0 Å². The van der Waals surface area contributed by atoms with Gasteiger partial charge in [0, 0.05) is 38.6 Å². The molecule has 2 aliphatic heterocycles. The number of amides is 12. The maximum absolute atomic E-state index is 15.1. The zero-order chi connectivity index (χ0) is 67.0. The van der Waals surface area contributed by atoms with Crippen LogP contribution in [0.4, 0.5) is 0 Å². The predicted octanol–water partition coefficient (Wildman–Crippen LogP) is -0.388. The van der Waals surface area contributed by atoms with E-state index in [1.165, 1.54) is 29.2 Å². The van der Waals surface area contributed by atoms with E-state index < -0.39 is 156 Å². The van der Waals surface area contributed by atoms with E-state index >= 15 is 4.79 Å². The Balaban J connectivity index is 1.46. The number of fused-ring (bicyclic) bond motifs is 1. The van der Waals surface area contributed by atoms with E-state index in [1.807, 2.05) is 13.8 Å². The van der Waals surface area contributed by atoms with Crippen molar-refractivity contribution in [2.75, 3.05) is 13.1 Å². The van der Waals surface area contributed by atoms with E-state index in [1.54, 1.807) is 105 Å². The predicted molar refractivity (Wildman–Crippen MR) is 339 cm³/mol. The Morgan fingerprint density at radius 1 is 0.467 bits per heavy atom. The Kier molecular flexibility index (Phi) is 27.2. The largest absolute Gasteiger partial charge is 0.508 e. The first-order chi connectivity index (χ1) is 43.9. The number of hydrogen-bond donors (Lipinski definition) is 13. The first-order valence-electron chi connectivity index (χ1n) is 31.1. The topological polar surface area (TPSA) is 415 Å². The molecule has 26 nitrogen and oxygen atoms in total. The Bertz CT molecular complexity index is 3210. The zero-order valence-electron chi connectivity index (χ0n) is 52.3. The van der Waals surface area contributed by atoms with E-state index in [4.69, 9.17) is 17.2 Å². The number of carbonyl (C=O) groups excluding carboxylic acids is 12. The summed E-state index contributed by atoms with van der Waals surface area (Å²) in [6.07, 6.45) is -1.75. The summed E-state index contributed by atoms with van der Waals surface area (Å²) >= 11 is 0. The summed E-state index contributed by atoms with van der Waals surface area (Å²) in [6, 6.07) is 16.9. The molecule has 0 bridgehead atoms. The first kappa shape index (κ1) is 71.4. The van der Waals surface area contributed by atoms with Crippen molar-refractivity contribution >= 4 is 70.9 Å². The first-order valence-corrected chi connectivity index (χ1v) is 31.1. The van der Waals surface area contributed by atoms with Gasteiger partial charge in [0.25, 0.3) is 0 Å². The molecule has 16 N–H and O–H groups in total. The highest BCUT2D eigenvalue weighted by molar-refractivity contribution is 6.01. The average Bonchev–Trinajstić information content (AvgIpc) is 1.56. The molecular weight excluding hydrogens is 1180 g/mol. The van der Waals surface area contributed by atoms with E-state index in [0.29, 0.717) is 28.7 Å². The van der Waals surface area contributed by atoms with Gasteiger partial charge in [-0.25, -0.2) is 0 Å². The van der Waals surface area contributed by atoms with E-state index in [9.17, 15) is 57.8 Å². The van der Waals surface area contributed by atoms with Crippen LogP contribution in [0, 0.1) is 11.8 Å².